The van der Waals surface area contributed by atoms with E-state index in [0.29, 0.717) is 17.3 Å². The second kappa shape index (κ2) is 5.79. The van der Waals surface area contributed by atoms with Gasteiger partial charge in [-0.05, 0) is 37.5 Å². The Labute approximate surface area is 127 Å². The Hall–Kier alpha value is -2.37. The van der Waals surface area contributed by atoms with Crippen molar-refractivity contribution in [1.29, 1.82) is 0 Å². The number of benzene rings is 1. The number of rotatable bonds is 5. The first-order valence-electron chi connectivity index (χ1n) is 7.25. The van der Waals surface area contributed by atoms with Gasteiger partial charge in [0.15, 0.2) is 17.4 Å². The van der Waals surface area contributed by atoms with Gasteiger partial charge in [-0.3, -0.25) is 9.89 Å². The van der Waals surface area contributed by atoms with E-state index in [9.17, 15) is 9.18 Å². The molecule has 0 radical (unpaired) electrons. The fraction of sp³-hybridized carbons (Fsp3) is 0.375. The third-order valence-corrected chi connectivity index (χ3v) is 3.87. The third-order valence-electron chi connectivity index (χ3n) is 3.87. The monoisotopic (exact) mass is 303 g/mol. The van der Waals surface area contributed by atoms with Gasteiger partial charge in [0, 0.05) is 17.2 Å². The minimum atomic E-state index is -0.472. The van der Waals surface area contributed by atoms with Gasteiger partial charge in [-0.1, -0.05) is 6.07 Å². The molecule has 2 N–H and O–H groups in total. The van der Waals surface area contributed by atoms with Crippen molar-refractivity contribution in [3.05, 3.63) is 40.8 Å². The van der Waals surface area contributed by atoms with Crippen LogP contribution in [0.5, 0.6) is 5.75 Å². The van der Waals surface area contributed by atoms with Gasteiger partial charge in [0.2, 0.25) is 5.91 Å². The zero-order valence-electron chi connectivity index (χ0n) is 12.6. The number of nitrogens with one attached hydrogen (secondary N) is 2. The van der Waals surface area contributed by atoms with Crippen LogP contribution in [0.15, 0.2) is 18.2 Å². The normalized spacial score (nSPS) is 14.0. The highest BCUT2D eigenvalue weighted by Crippen LogP contribution is 2.41. The van der Waals surface area contributed by atoms with Crippen LogP contribution in [-0.4, -0.2) is 23.2 Å². The lowest BCUT2D eigenvalue weighted by atomic mass is 10.1. The first-order chi connectivity index (χ1) is 10.6. The largest absolute Gasteiger partial charge is 0.494 e. The lowest BCUT2D eigenvalue weighted by Gasteiger charge is -2.06. The summed E-state index contributed by atoms with van der Waals surface area (Å²) in [6.07, 6.45) is 2.43. The van der Waals surface area contributed by atoms with E-state index in [1.165, 1.54) is 32.1 Å². The molecule has 3 rings (SSSR count). The molecule has 1 heterocycles. The first-order valence-corrected chi connectivity index (χ1v) is 7.25. The standard InChI is InChI=1S/C16H18FN3O2/c1-9-15(11-4-5-11)19-20-16(9)18-14(21)8-10-3-6-13(22-2)12(17)7-10/h3,6-7,11H,4-5,8H2,1-2H3,(H2,18,19,20,21). The molecule has 22 heavy (non-hydrogen) atoms. The van der Waals surface area contributed by atoms with Gasteiger partial charge in [-0.15, -0.1) is 0 Å². The van der Waals surface area contributed by atoms with Crippen molar-refractivity contribution >= 4 is 11.7 Å². The topological polar surface area (TPSA) is 67.0 Å². The van der Waals surface area contributed by atoms with Crippen molar-refractivity contribution in [1.82, 2.24) is 10.2 Å². The molecule has 1 amide bonds. The van der Waals surface area contributed by atoms with Crippen LogP contribution in [0.4, 0.5) is 10.2 Å². The highest BCUT2D eigenvalue weighted by molar-refractivity contribution is 5.92. The Morgan fingerprint density at radius 3 is 2.91 bits per heavy atom. The number of ether oxygens (including phenoxy) is 1. The van der Waals surface area contributed by atoms with E-state index < -0.39 is 5.82 Å². The van der Waals surface area contributed by atoms with Gasteiger partial charge in [0.1, 0.15) is 0 Å². The molecular weight excluding hydrogens is 285 g/mol. The average Bonchev–Trinajstić information content (AvgIpc) is 3.25. The number of carbonyl (C=O) groups excluding carboxylic acids is 1. The fourth-order valence-corrected chi connectivity index (χ4v) is 2.48. The summed E-state index contributed by atoms with van der Waals surface area (Å²) in [6.45, 7) is 1.94. The predicted molar refractivity (Wildman–Crippen MR) is 80.6 cm³/mol. The van der Waals surface area contributed by atoms with E-state index in [1.807, 2.05) is 6.92 Å². The number of nitrogens with zero attached hydrogens (tertiary/aromatic N) is 1. The molecule has 0 saturated heterocycles. The molecule has 1 saturated carbocycles. The van der Waals surface area contributed by atoms with Crippen molar-refractivity contribution in [2.24, 2.45) is 0 Å². The molecule has 1 aliphatic carbocycles. The summed E-state index contributed by atoms with van der Waals surface area (Å²) >= 11 is 0. The second-order valence-corrected chi connectivity index (χ2v) is 5.58. The summed E-state index contributed by atoms with van der Waals surface area (Å²) in [5.74, 6) is 0.581. The summed E-state index contributed by atoms with van der Waals surface area (Å²) in [6, 6.07) is 4.50. The maximum Gasteiger partial charge on any atom is 0.230 e. The van der Waals surface area contributed by atoms with Crippen LogP contribution in [0.1, 0.15) is 35.6 Å². The summed E-state index contributed by atoms with van der Waals surface area (Å²) in [5.41, 5.74) is 2.67. The number of hydrogen-bond acceptors (Lipinski definition) is 3. The zero-order valence-corrected chi connectivity index (χ0v) is 12.6. The average molecular weight is 303 g/mol. The minimum absolute atomic E-state index is 0.0893. The van der Waals surface area contributed by atoms with Crippen LogP contribution in [0.25, 0.3) is 0 Å². The highest BCUT2D eigenvalue weighted by atomic mass is 19.1. The van der Waals surface area contributed by atoms with Crippen LogP contribution in [0, 0.1) is 12.7 Å². The molecular formula is C16H18FN3O2. The Balaban J connectivity index is 1.66. The maximum atomic E-state index is 13.6. The molecule has 2 aromatic rings. The van der Waals surface area contributed by atoms with Crippen molar-refractivity contribution < 1.29 is 13.9 Å². The van der Waals surface area contributed by atoms with Crippen LogP contribution < -0.4 is 10.1 Å². The molecule has 5 nitrogen and oxygen atoms in total. The Morgan fingerprint density at radius 2 is 2.27 bits per heavy atom. The summed E-state index contributed by atoms with van der Waals surface area (Å²) in [4.78, 5) is 12.1. The minimum Gasteiger partial charge on any atom is -0.494 e. The van der Waals surface area contributed by atoms with Crippen molar-refractivity contribution in [3.8, 4) is 5.75 Å². The number of anilines is 1. The number of methoxy groups -OCH3 is 1. The van der Waals surface area contributed by atoms with Crippen LogP contribution in [0.2, 0.25) is 0 Å². The van der Waals surface area contributed by atoms with Gasteiger partial charge in [-0.25, -0.2) is 4.39 Å². The number of aromatic amines is 1. The molecule has 0 spiro atoms. The van der Waals surface area contributed by atoms with Gasteiger partial charge < -0.3 is 10.1 Å². The molecule has 0 aliphatic heterocycles. The Bertz CT molecular complexity index is 707. The molecule has 1 aromatic carbocycles. The number of halogens is 1. The molecule has 1 aliphatic rings. The molecule has 0 atom stereocenters. The van der Waals surface area contributed by atoms with Gasteiger partial charge in [-0.2, -0.15) is 5.10 Å². The van der Waals surface area contributed by atoms with Crippen molar-refractivity contribution in [2.75, 3.05) is 12.4 Å². The van der Waals surface area contributed by atoms with E-state index in [1.54, 1.807) is 6.07 Å². The van der Waals surface area contributed by atoms with E-state index in [0.717, 1.165) is 11.3 Å². The zero-order chi connectivity index (χ0) is 15.7. The number of hydrogen-bond donors (Lipinski definition) is 2. The molecule has 0 unspecified atom stereocenters. The summed E-state index contributed by atoms with van der Waals surface area (Å²) < 4.78 is 18.5. The smallest absolute Gasteiger partial charge is 0.230 e. The van der Waals surface area contributed by atoms with E-state index in [2.05, 4.69) is 15.5 Å². The van der Waals surface area contributed by atoms with Crippen LogP contribution in [0.3, 0.4) is 0 Å². The van der Waals surface area contributed by atoms with Gasteiger partial charge >= 0.3 is 0 Å². The lowest BCUT2D eigenvalue weighted by Crippen LogP contribution is -2.15. The Kier molecular flexibility index (Phi) is 3.83. The predicted octanol–water partition coefficient (Wildman–Crippen LogP) is 2.92. The van der Waals surface area contributed by atoms with Crippen molar-refractivity contribution in [2.45, 2.75) is 32.1 Å². The number of carbonyl (C=O) groups is 1. The lowest BCUT2D eigenvalue weighted by molar-refractivity contribution is -0.115. The Morgan fingerprint density at radius 1 is 1.50 bits per heavy atom. The van der Waals surface area contributed by atoms with E-state index >= 15 is 0 Å². The molecule has 116 valence electrons. The summed E-state index contributed by atoms with van der Waals surface area (Å²) in [7, 11) is 1.41. The van der Waals surface area contributed by atoms with Gasteiger partial charge in [0.25, 0.3) is 0 Å². The quantitative estimate of drug-likeness (QED) is 0.892. The second-order valence-electron chi connectivity index (χ2n) is 5.58. The number of H-pyrrole nitrogens is 1. The van der Waals surface area contributed by atoms with Crippen molar-refractivity contribution in [3.63, 3.8) is 0 Å². The molecule has 0 bridgehead atoms. The third kappa shape index (κ3) is 2.95. The van der Waals surface area contributed by atoms with E-state index in [4.69, 9.17) is 4.74 Å². The maximum absolute atomic E-state index is 13.6. The highest BCUT2D eigenvalue weighted by Gasteiger charge is 2.28. The molecule has 1 aromatic heterocycles. The molecule has 1 fully saturated rings. The SMILES string of the molecule is COc1ccc(CC(=O)Nc2n[nH]c(C3CC3)c2C)cc1F. The first kappa shape index (κ1) is 14.6. The van der Waals surface area contributed by atoms with Crippen LogP contribution >= 0.6 is 0 Å². The summed E-state index contributed by atoms with van der Waals surface area (Å²) in [5, 5.41) is 9.92. The van der Waals surface area contributed by atoms with Gasteiger partial charge in [0.05, 0.1) is 13.5 Å². The molecule has 6 heteroatoms. The number of amides is 1. The van der Waals surface area contributed by atoms with Crippen LogP contribution in [-0.2, 0) is 11.2 Å². The fourth-order valence-electron chi connectivity index (χ4n) is 2.48. The van der Waals surface area contributed by atoms with E-state index in [-0.39, 0.29) is 18.1 Å². The number of aromatic nitrogens is 2.